The number of hydrogen-bond acceptors (Lipinski definition) is 4. The highest BCUT2D eigenvalue weighted by molar-refractivity contribution is 5.79. The summed E-state index contributed by atoms with van der Waals surface area (Å²) < 4.78 is 5.65. The van der Waals surface area contributed by atoms with Gasteiger partial charge in [-0.05, 0) is 53.4 Å². The van der Waals surface area contributed by atoms with Crippen LogP contribution in [-0.4, -0.2) is 64.7 Å². The maximum atomic E-state index is 12.7. The van der Waals surface area contributed by atoms with Crippen LogP contribution in [0.15, 0.2) is 0 Å². The van der Waals surface area contributed by atoms with E-state index in [1.165, 1.54) is 0 Å². The molecule has 3 heterocycles. The summed E-state index contributed by atoms with van der Waals surface area (Å²) in [6.07, 6.45) is 3.95. The van der Waals surface area contributed by atoms with E-state index in [9.17, 15) is 9.59 Å². The number of nitrogens with zero attached hydrogens (tertiary/aromatic N) is 2. The zero-order valence-electron chi connectivity index (χ0n) is 14.7. The van der Waals surface area contributed by atoms with Crippen LogP contribution < -0.4 is 5.32 Å². The number of hydrogen-bond donors (Lipinski definition) is 1. The van der Waals surface area contributed by atoms with Crippen molar-refractivity contribution in [3.8, 4) is 0 Å². The normalized spacial score (nSPS) is 34.6. The Labute approximate surface area is 138 Å². The fraction of sp³-hybridized carbons (Fsp3) is 0.882. The van der Waals surface area contributed by atoms with Crippen LogP contribution in [0.3, 0.4) is 0 Å². The van der Waals surface area contributed by atoms with Crippen molar-refractivity contribution in [2.75, 3.05) is 19.6 Å². The average Bonchev–Trinajstić information content (AvgIpc) is 2.89. The van der Waals surface area contributed by atoms with Gasteiger partial charge in [0.25, 0.3) is 0 Å². The van der Waals surface area contributed by atoms with Crippen LogP contribution in [-0.2, 0) is 9.53 Å². The van der Waals surface area contributed by atoms with Gasteiger partial charge in [0.1, 0.15) is 5.60 Å². The summed E-state index contributed by atoms with van der Waals surface area (Å²) in [6, 6.07) is 0.474. The summed E-state index contributed by atoms with van der Waals surface area (Å²) in [6.45, 7) is 9.81. The third-order valence-corrected chi connectivity index (χ3v) is 5.18. The zero-order valence-corrected chi connectivity index (χ0v) is 14.7. The maximum Gasteiger partial charge on any atom is 0.411 e. The molecular formula is C17H29N3O3. The molecule has 3 rings (SSSR count). The molecule has 23 heavy (non-hydrogen) atoms. The fourth-order valence-corrected chi connectivity index (χ4v) is 4.47. The Morgan fingerprint density at radius 3 is 2.57 bits per heavy atom. The van der Waals surface area contributed by atoms with Gasteiger partial charge in [0.05, 0.1) is 12.1 Å². The van der Waals surface area contributed by atoms with Crippen molar-refractivity contribution in [1.82, 2.24) is 15.1 Å². The minimum atomic E-state index is -0.472. The molecule has 6 nitrogen and oxygen atoms in total. The van der Waals surface area contributed by atoms with E-state index in [-0.39, 0.29) is 23.6 Å². The van der Waals surface area contributed by atoms with Crippen LogP contribution in [0.5, 0.6) is 0 Å². The van der Waals surface area contributed by atoms with E-state index in [4.69, 9.17) is 4.74 Å². The summed E-state index contributed by atoms with van der Waals surface area (Å²) in [5, 5.41) is 2.95. The van der Waals surface area contributed by atoms with E-state index in [1.807, 2.05) is 32.6 Å². The number of ether oxygens (including phenoxy) is 1. The van der Waals surface area contributed by atoms with E-state index in [0.29, 0.717) is 12.6 Å². The lowest BCUT2D eigenvalue weighted by Crippen LogP contribution is -2.59. The average molecular weight is 323 g/mol. The fourth-order valence-electron chi connectivity index (χ4n) is 4.47. The van der Waals surface area contributed by atoms with Crippen LogP contribution in [0, 0.1) is 0 Å². The molecule has 130 valence electrons. The van der Waals surface area contributed by atoms with Gasteiger partial charge < -0.3 is 10.1 Å². The molecule has 1 N–H and O–H groups in total. The third kappa shape index (κ3) is 3.32. The van der Waals surface area contributed by atoms with Crippen molar-refractivity contribution >= 4 is 12.0 Å². The maximum absolute atomic E-state index is 12.7. The molecule has 3 aliphatic heterocycles. The van der Waals surface area contributed by atoms with Gasteiger partial charge in [-0.3, -0.25) is 14.6 Å². The Bertz CT molecular complexity index is 492. The Morgan fingerprint density at radius 2 is 2.00 bits per heavy atom. The monoisotopic (exact) mass is 323 g/mol. The van der Waals surface area contributed by atoms with Gasteiger partial charge in [-0.1, -0.05) is 0 Å². The van der Waals surface area contributed by atoms with Crippen LogP contribution in [0.2, 0.25) is 0 Å². The van der Waals surface area contributed by atoms with Gasteiger partial charge >= 0.3 is 6.09 Å². The Hall–Kier alpha value is -1.30. The van der Waals surface area contributed by atoms with Gasteiger partial charge in [-0.2, -0.15) is 0 Å². The molecule has 0 spiro atoms. The molecule has 1 atom stereocenters. The zero-order chi connectivity index (χ0) is 16.8. The van der Waals surface area contributed by atoms with Gasteiger partial charge in [0.2, 0.25) is 5.91 Å². The first-order valence-corrected chi connectivity index (χ1v) is 8.73. The highest BCUT2D eigenvalue weighted by Gasteiger charge is 2.55. The van der Waals surface area contributed by atoms with Crippen molar-refractivity contribution in [1.29, 1.82) is 0 Å². The molecule has 0 aliphatic carbocycles. The minimum Gasteiger partial charge on any atom is -0.444 e. The lowest BCUT2D eigenvalue weighted by molar-refractivity contribution is -0.125. The SMILES string of the molecule is CC1CN(CC23CCC(CC2)N3C(=O)OC(C)(C)C)CC(=O)N1. The molecule has 3 aliphatic rings. The minimum absolute atomic E-state index is 0.0801. The van der Waals surface area contributed by atoms with Crippen molar-refractivity contribution < 1.29 is 14.3 Å². The largest absolute Gasteiger partial charge is 0.444 e. The molecule has 0 saturated carbocycles. The second-order valence-corrected chi connectivity index (χ2v) is 8.44. The summed E-state index contributed by atoms with van der Waals surface area (Å²) in [5.41, 5.74) is -0.621. The van der Waals surface area contributed by atoms with Crippen molar-refractivity contribution in [2.24, 2.45) is 0 Å². The van der Waals surface area contributed by atoms with Crippen molar-refractivity contribution in [3.63, 3.8) is 0 Å². The molecule has 3 saturated heterocycles. The molecule has 0 radical (unpaired) electrons. The second-order valence-electron chi connectivity index (χ2n) is 8.44. The van der Waals surface area contributed by atoms with Gasteiger partial charge in [-0.15, -0.1) is 0 Å². The lowest BCUT2D eigenvalue weighted by Gasteiger charge is -2.41. The molecule has 0 aromatic heterocycles. The molecule has 1 unspecified atom stereocenters. The number of carbonyl (C=O) groups excluding carboxylic acids is 2. The molecule has 6 heteroatoms. The predicted octanol–water partition coefficient (Wildman–Crippen LogP) is 1.74. The van der Waals surface area contributed by atoms with E-state index < -0.39 is 5.60 Å². The van der Waals surface area contributed by atoms with Gasteiger partial charge in [-0.25, -0.2) is 4.79 Å². The smallest absolute Gasteiger partial charge is 0.411 e. The molecule has 0 aromatic carbocycles. The summed E-state index contributed by atoms with van der Waals surface area (Å²) in [5.74, 6) is 0.0801. The van der Waals surface area contributed by atoms with E-state index >= 15 is 0 Å². The number of amides is 2. The molecule has 0 aromatic rings. The topological polar surface area (TPSA) is 61.9 Å². The Kier molecular flexibility index (Phi) is 4.07. The number of fused-ring (bicyclic) bond motifs is 2. The quantitative estimate of drug-likeness (QED) is 0.841. The first-order chi connectivity index (χ1) is 10.7. The number of rotatable bonds is 2. The molecular weight excluding hydrogens is 294 g/mol. The predicted molar refractivity (Wildman–Crippen MR) is 87.1 cm³/mol. The van der Waals surface area contributed by atoms with Crippen LogP contribution in [0.4, 0.5) is 4.79 Å². The standard InChI is InChI=1S/C17H29N3O3/c1-12-9-19(10-14(21)18-12)11-17-7-5-13(6-8-17)20(17)15(22)23-16(2,3)4/h12-13H,5-11H2,1-4H3,(H,18,21). The molecule has 2 bridgehead atoms. The second kappa shape index (κ2) is 5.65. The van der Waals surface area contributed by atoms with E-state index in [0.717, 1.165) is 38.8 Å². The highest BCUT2D eigenvalue weighted by atomic mass is 16.6. The number of nitrogens with one attached hydrogen (secondary N) is 1. The first kappa shape index (κ1) is 16.6. The summed E-state index contributed by atoms with van der Waals surface area (Å²) in [4.78, 5) is 28.7. The van der Waals surface area contributed by atoms with Gasteiger partial charge in [0, 0.05) is 25.2 Å². The van der Waals surface area contributed by atoms with Crippen molar-refractivity contribution in [3.05, 3.63) is 0 Å². The van der Waals surface area contributed by atoms with Crippen molar-refractivity contribution in [2.45, 2.75) is 76.6 Å². The lowest BCUT2D eigenvalue weighted by atomic mass is 9.87. The summed E-state index contributed by atoms with van der Waals surface area (Å²) in [7, 11) is 0. The summed E-state index contributed by atoms with van der Waals surface area (Å²) >= 11 is 0. The van der Waals surface area contributed by atoms with Gasteiger partial charge in [0.15, 0.2) is 0 Å². The number of piperazine rings is 1. The van der Waals surface area contributed by atoms with Crippen LogP contribution >= 0.6 is 0 Å². The van der Waals surface area contributed by atoms with E-state index in [2.05, 4.69) is 10.2 Å². The third-order valence-electron chi connectivity index (χ3n) is 5.18. The first-order valence-electron chi connectivity index (χ1n) is 8.73. The van der Waals surface area contributed by atoms with Crippen LogP contribution in [0.1, 0.15) is 53.4 Å². The number of carbonyl (C=O) groups is 2. The Morgan fingerprint density at radius 1 is 1.35 bits per heavy atom. The Balaban J connectivity index is 1.73. The molecule has 2 amide bonds. The molecule has 3 fully saturated rings. The van der Waals surface area contributed by atoms with Crippen LogP contribution in [0.25, 0.3) is 0 Å². The van der Waals surface area contributed by atoms with E-state index in [1.54, 1.807) is 0 Å². The highest BCUT2D eigenvalue weighted by Crippen LogP contribution is 2.47.